The van der Waals surface area contributed by atoms with Crippen LogP contribution in [0.4, 0.5) is 5.69 Å². The van der Waals surface area contributed by atoms with E-state index in [-0.39, 0.29) is 49.4 Å². The number of phenols is 1. The number of hydrogen-bond acceptors (Lipinski definition) is 6. The molecule has 0 bridgehead atoms. The van der Waals surface area contributed by atoms with E-state index in [1.54, 1.807) is 36.4 Å². The van der Waals surface area contributed by atoms with Crippen molar-refractivity contribution in [1.29, 1.82) is 0 Å². The summed E-state index contributed by atoms with van der Waals surface area (Å²) in [7, 11) is 0. The van der Waals surface area contributed by atoms with E-state index in [4.69, 9.17) is 5.73 Å². The lowest BCUT2D eigenvalue weighted by Crippen LogP contribution is -2.46. The molecule has 0 saturated heterocycles. The van der Waals surface area contributed by atoms with Crippen molar-refractivity contribution in [3.63, 3.8) is 0 Å². The SMILES string of the molecule is N[C@@H](Cc1ccc(O)cc1)C(=O)NCCC(=O)NCCC(=O)N[C@@H](Cc1ccccc1)C(=O)Nc1ccccc1. The number of phenolic OH excluding ortho intramolecular Hbond substituents is 1. The Hall–Kier alpha value is -4.70. The second kappa shape index (κ2) is 15.6. The molecule has 3 aromatic carbocycles. The Labute approximate surface area is 233 Å². The summed E-state index contributed by atoms with van der Waals surface area (Å²) in [6.45, 7) is 0.177. The van der Waals surface area contributed by atoms with E-state index >= 15 is 0 Å². The van der Waals surface area contributed by atoms with Gasteiger partial charge in [-0.05, 0) is 41.8 Å². The third kappa shape index (κ3) is 10.6. The second-order valence-corrected chi connectivity index (χ2v) is 9.28. The minimum atomic E-state index is -0.799. The van der Waals surface area contributed by atoms with Crippen molar-refractivity contribution in [2.24, 2.45) is 5.73 Å². The lowest BCUT2D eigenvalue weighted by atomic mass is 10.0. The van der Waals surface area contributed by atoms with E-state index in [1.807, 2.05) is 36.4 Å². The molecule has 0 aromatic heterocycles. The number of hydrogen-bond donors (Lipinski definition) is 6. The Balaban J connectivity index is 1.38. The lowest BCUT2D eigenvalue weighted by molar-refractivity contribution is -0.126. The van der Waals surface area contributed by atoms with Gasteiger partial charge in [0.25, 0.3) is 0 Å². The van der Waals surface area contributed by atoms with E-state index in [1.165, 1.54) is 12.1 Å². The molecule has 0 radical (unpaired) electrons. The third-order valence-corrected chi connectivity index (χ3v) is 6.03. The van der Waals surface area contributed by atoms with Gasteiger partial charge in [-0.15, -0.1) is 0 Å². The van der Waals surface area contributed by atoms with E-state index in [0.29, 0.717) is 18.5 Å². The highest BCUT2D eigenvalue weighted by Gasteiger charge is 2.21. The molecule has 0 saturated carbocycles. The maximum absolute atomic E-state index is 12.9. The van der Waals surface area contributed by atoms with Crippen LogP contribution in [0.5, 0.6) is 5.75 Å². The van der Waals surface area contributed by atoms with Crippen LogP contribution in [0.15, 0.2) is 84.9 Å². The molecule has 2 atom stereocenters. The minimum Gasteiger partial charge on any atom is -0.508 e. The molecule has 0 fully saturated rings. The highest BCUT2D eigenvalue weighted by Crippen LogP contribution is 2.11. The number of rotatable bonds is 14. The minimum absolute atomic E-state index is 0.0144. The van der Waals surface area contributed by atoms with Crippen molar-refractivity contribution in [3.8, 4) is 5.75 Å². The first kappa shape index (κ1) is 29.9. The van der Waals surface area contributed by atoms with Crippen LogP contribution < -0.4 is 27.0 Å². The number of nitrogens with one attached hydrogen (secondary N) is 4. The molecular formula is C30H35N5O5. The van der Waals surface area contributed by atoms with Gasteiger partial charge >= 0.3 is 0 Å². The number of carbonyl (C=O) groups is 4. The molecule has 4 amide bonds. The monoisotopic (exact) mass is 545 g/mol. The Morgan fingerprint density at radius 3 is 1.93 bits per heavy atom. The molecule has 0 spiro atoms. The summed E-state index contributed by atoms with van der Waals surface area (Å²) in [6.07, 6.45) is 0.614. The number of amides is 4. The Kier molecular flexibility index (Phi) is 11.7. The Bertz CT molecular complexity index is 1250. The van der Waals surface area contributed by atoms with E-state index < -0.39 is 18.0 Å². The van der Waals surface area contributed by atoms with Gasteiger partial charge in [0.2, 0.25) is 23.6 Å². The van der Waals surface area contributed by atoms with Gasteiger partial charge in [-0.25, -0.2) is 0 Å². The molecule has 10 heteroatoms. The number of carbonyl (C=O) groups excluding carboxylic acids is 4. The van der Waals surface area contributed by atoms with Gasteiger partial charge in [0.05, 0.1) is 6.04 Å². The summed E-state index contributed by atoms with van der Waals surface area (Å²) in [5.41, 5.74) is 8.25. The summed E-state index contributed by atoms with van der Waals surface area (Å²) in [4.78, 5) is 49.9. The van der Waals surface area contributed by atoms with Crippen molar-refractivity contribution < 1.29 is 24.3 Å². The standard InChI is InChI=1S/C30H35N5O5/c31-25(19-22-11-13-24(36)14-12-22)29(39)33-18-15-27(37)32-17-16-28(38)35-26(20-21-7-3-1-4-8-21)30(40)34-23-9-5-2-6-10-23/h1-14,25-26,36H,15-20,31H2,(H,32,37)(H,33,39)(H,34,40)(H,35,38)/t25-,26-/m0/s1. The van der Waals surface area contributed by atoms with Crippen molar-refractivity contribution >= 4 is 29.3 Å². The maximum Gasteiger partial charge on any atom is 0.247 e. The molecular weight excluding hydrogens is 510 g/mol. The van der Waals surface area contributed by atoms with Crippen LogP contribution in [0.2, 0.25) is 0 Å². The predicted molar refractivity (Wildman–Crippen MR) is 152 cm³/mol. The summed E-state index contributed by atoms with van der Waals surface area (Å²) >= 11 is 0. The third-order valence-electron chi connectivity index (χ3n) is 6.03. The summed E-state index contributed by atoms with van der Waals surface area (Å²) in [6, 6.07) is 23.2. The van der Waals surface area contributed by atoms with Crippen molar-refractivity contribution in [3.05, 3.63) is 96.1 Å². The fraction of sp³-hybridized carbons (Fsp3) is 0.267. The predicted octanol–water partition coefficient (Wildman–Crippen LogP) is 1.64. The zero-order chi connectivity index (χ0) is 28.7. The fourth-order valence-electron chi connectivity index (χ4n) is 3.89. The molecule has 0 heterocycles. The van der Waals surface area contributed by atoms with Gasteiger partial charge in [0.15, 0.2) is 0 Å². The highest BCUT2D eigenvalue weighted by molar-refractivity contribution is 5.97. The van der Waals surface area contributed by atoms with Crippen LogP contribution in [0, 0.1) is 0 Å². The Morgan fingerprint density at radius 1 is 0.675 bits per heavy atom. The van der Waals surface area contributed by atoms with Crippen LogP contribution in [0.25, 0.3) is 0 Å². The largest absolute Gasteiger partial charge is 0.508 e. The quantitative estimate of drug-likeness (QED) is 0.180. The van der Waals surface area contributed by atoms with E-state index in [9.17, 15) is 24.3 Å². The van der Waals surface area contributed by atoms with Crippen LogP contribution >= 0.6 is 0 Å². The maximum atomic E-state index is 12.9. The van der Waals surface area contributed by atoms with E-state index in [0.717, 1.165) is 11.1 Å². The zero-order valence-corrected chi connectivity index (χ0v) is 22.1. The van der Waals surface area contributed by atoms with Crippen molar-refractivity contribution in [1.82, 2.24) is 16.0 Å². The van der Waals surface area contributed by atoms with Crippen molar-refractivity contribution in [2.75, 3.05) is 18.4 Å². The number of anilines is 1. The molecule has 7 N–H and O–H groups in total. The Morgan fingerprint density at radius 2 is 1.25 bits per heavy atom. The first-order valence-corrected chi connectivity index (χ1v) is 13.1. The van der Waals surface area contributed by atoms with Gasteiger partial charge in [-0.3, -0.25) is 19.2 Å². The summed E-state index contributed by atoms with van der Waals surface area (Å²) in [5.74, 6) is -1.31. The number of para-hydroxylation sites is 1. The number of nitrogens with two attached hydrogens (primary N) is 1. The molecule has 0 aliphatic rings. The molecule has 0 aliphatic heterocycles. The van der Waals surface area contributed by atoms with Crippen LogP contribution in [-0.2, 0) is 32.0 Å². The van der Waals surface area contributed by atoms with Crippen molar-refractivity contribution in [2.45, 2.75) is 37.8 Å². The topological polar surface area (TPSA) is 163 Å². The fourth-order valence-corrected chi connectivity index (χ4v) is 3.89. The second-order valence-electron chi connectivity index (χ2n) is 9.28. The number of aromatic hydroxyl groups is 1. The normalized spacial score (nSPS) is 12.0. The van der Waals surface area contributed by atoms with Crippen LogP contribution in [0.1, 0.15) is 24.0 Å². The number of benzene rings is 3. The van der Waals surface area contributed by atoms with Gasteiger partial charge in [0, 0.05) is 38.0 Å². The molecule has 40 heavy (non-hydrogen) atoms. The average molecular weight is 546 g/mol. The summed E-state index contributed by atoms with van der Waals surface area (Å²) < 4.78 is 0. The first-order chi connectivity index (χ1) is 19.3. The molecule has 3 rings (SSSR count). The van der Waals surface area contributed by atoms with Gasteiger partial charge < -0.3 is 32.1 Å². The van der Waals surface area contributed by atoms with Gasteiger partial charge in [-0.2, -0.15) is 0 Å². The molecule has 210 valence electrons. The average Bonchev–Trinajstić information content (AvgIpc) is 2.95. The lowest BCUT2D eigenvalue weighted by Gasteiger charge is -2.19. The first-order valence-electron chi connectivity index (χ1n) is 13.1. The van der Waals surface area contributed by atoms with Crippen LogP contribution in [-0.4, -0.2) is 53.9 Å². The van der Waals surface area contributed by atoms with Crippen LogP contribution in [0.3, 0.4) is 0 Å². The smallest absolute Gasteiger partial charge is 0.247 e. The molecule has 3 aromatic rings. The zero-order valence-electron chi connectivity index (χ0n) is 22.1. The van der Waals surface area contributed by atoms with E-state index in [2.05, 4.69) is 21.3 Å². The molecule has 0 unspecified atom stereocenters. The summed E-state index contributed by atoms with van der Waals surface area (Å²) in [5, 5.41) is 20.2. The van der Waals surface area contributed by atoms with Gasteiger partial charge in [-0.1, -0.05) is 60.7 Å². The molecule has 10 nitrogen and oxygen atoms in total. The molecule has 0 aliphatic carbocycles. The van der Waals surface area contributed by atoms with Gasteiger partial charge in [0.1, 0.15) is 11.8 Å². The highest BCUT2D eigenvalue weighted by atomic mass is 16.3.